The molecule has 0 spiro atoms. The van der Waals surface area contributed by atoms with Crippen LogP contribution < -0.4 is 10.5 Å². The third-order valence-corrected chi connectivity index (χ3v) is 4.36. The largest absolute Gasteiger partial charge is 0.399 e. The standard InChI is InChI=1S/C12H19FN2O2S/c1-4-12(2,3)8-15-18(16,17)11-7-9(14)5-6-10(11)13/h5-7,15H,4,8,14H2,1-3H3. The van der Waals surface area contributed by atoms with E-state index in [4.69, 9.17) is 5.73 Å². The van der Waals surface area contributed by atoms with Crippen molar-refractivity contribution in [1.29, 1.82) is 0 Å². The molecule has 18 heavy (non-hydrogen) atoms. The third-order valence-electron chi connectivity index (χ3n) is 2.94. The van der Waals surface area contributed by atoms with Gasteiger partial charge < -0.3 is 5.73 Å². The van der Waals surface area contributed by atoms with E-state index in [-0.39, 0.29) is 17.6 Å². The quantitative estimate of drug-likeness (QED) is 0.808. The normalized spacial score (nSPS) is 12.7. The molecule has 1 aromatic rings. The van der Waals surface area contributed by atoms with Gasteiger partial charge >= 0.3 is 0 Å². The Hall–Kier alpha value is -1.14. The molecule has 4 nitrogen and oxygen atoms in total. The molecule has 1 rings (SSSR count). The topological polar surface area (TPSA) is 72.2 Å². The van der Waals surface area contributed by atoms with Gasteiger partial charge in [-0.05, 0) is 30.0 Å². The maximum Gasteiger partial charge on any atom is 0.243 e. The predicted molar refractivity (Wildman–Crippen MR) is 70.1 cm³/mol. The summed E-state index contributed by atoms with van der Waals surface area (Å²) in [4.78, 5) is -0.408. The summed E-state index contributed by atoms with van der Waals surface area (Å²) < 4.78 is 39.8. The Labute approximate surface area is 107 Å². The number of hydrogen-bond acceptors (Lipinski definition) is 3. The fourth-order valence-corrected chi connectivity index (χ4v) is 2.57. The summed E-state index contributed by atoms with van der Waals surface area (Å²) in [6.07, 6.45) is 0.814. The van der Waals surface area contributed by atoms with Gasteiger partial charge in [0.15, 0.2) is 0 Å². The number of nitrogen functional groups attached to an aromatic ring is 1. The van der Waals surface area contributed by atoms with Gasteiger partial charge in [-0.15, -0.1) is 0 Å². The van der Waals surface area contributed by atoms with Gasteiger partial charge in [0, 0.05) is 12.2 Å². The van der Waals surface area contributed by atoms with E-state index in [2.05, 4.69) is 4.72 Å². The average Bonchev–Trinajstić information content (AvgIpc) is 2.30. The Morgan fingerprint density at radius 3 is 2.56 bits per heavy atom. The van der Waals surface area contributed by atoms with Crippen LogP contribution in [0, 0.1) is 11.2 Å². The first kappa shape index (κ1) is 14.9. The van der Waals surface area contributed by atoms with Gasteiger partial charge in [-0.1, -0.05) is 20.8 Å². The monoisotopic (exact) mass is 274 g/mol. The molecule has 0 amide bonds. The van der Waals surface area contributed by atoms with E-state index in [1.54, 1.807) is 0 Å². The van der Waals surface area contributed by atoms with Crippen molar-refractivity contribution in [3.05, 3.63) is 24.0 Å². The van der Waals surface area contributed by atoms with Crippen LogP contribution in [0.2, 0.25) is 0 Å². The fourth-order valence-electron chi connectivity index (χ4n) is 1.22. The highest BCUT2D eigenvalue weighted by atomic mass is 32.2. The van der Waals surface area contributed by atoms with Crippen LogP contribution in [0.15, 0.2) is 23.1 Å². The Morgan fingerprint density at radius 2 is 2.00 bits per heavy atom. The lowest BCUT2D eigenvalue weighted by Crippen LogP contribution is -2.34. The molecule has 0 heterocycles. The van der Waals surface area contributed by atoms with Gasteiger partial charge in [-0.3, -0.25) is 0 Å². The minimum absolute atomic E-state index is 0.177. The maximum absolute atomic E-state index is 13.5. The lowest BCUT2D eigenvalue weighted by atomic mass is 9.91. The highest BCUT2D eigenvalue weighted by molar-refractivity contribution is 7.89. The van der Waals surface area contributed by atoms with E-state index in [1.165, 1.54) is 6.07 Å². The van der Waals surface area contributed by atoms with Crippen molar-refractivity contribution in [2.24, 2.45) is 5.41 Å². The van der Waals surface area contributed by atoms with E-state index in [0.29, 0.717) is 0 Å². The van der Waals surface area contributed by atoms with Crippen LogP contribution in [0.25, 0.3) is 0 Å². The molecule has 0 atom stereocenters. The summed E-state index contributed by atoms with van der Waals surface area (Å²) in [6.45, 7) is 6.09. The van der Waals surface area contributed by atoms with Crippen LogP contribution in [0.3, 0.4) is 0 Å². The number of sulfonamides is 1. The second-order valence-corrected chi connectivity index (χ2v) is 6.77. The van der Waals surface area contributed by atoms with Crippen molar-refractivity contribution < 1.29 is 12.8 Å². The van der Waals surface area contributed by atoms with Crippen LogP contribution in [0.1, 0.15) is 27.2 Å². The van der Waals surface area contributed by atoms with Crippen molar-refractivity contribution in [3.8, 4) is 0 Å². The fraction of sp³-hybridized carbons (Fsp3) is 0.500. The zero-order chi connectivity index (χ0) is 14.0. The molecule has 0 aliphatic rings. The molecule has 6 heteroatoms. The first-order chi connectivity index (χ1) is 8.18. The molecule has 3 N–H and O–H groups in total. The smallest absolute Gasteiger partial charge is 0.243 e. The van der Waals surface area contributed by atoms with Gasteiger partial charge in [-0.2, -0.15) is 0 Å². The molecule has 0 fully saturated rings. The van der Waals surface area contributed by atoms with Crippen LogP contribution >= 0.6 is 0 Å². The highest BCUT2D eigenvalue weighted by Gasteiger charge is 2.23. The molecule has 0 aliphatic heterocycles. The summed E-state index contributed by atoms with van der Waals surface area (Å²) >= 11 is 0. The second-order valence-electron chi connectivity index (χ2n) is 5.03. The Morgan fingerprint density at radius 1 is 1.39 bits per heavy atom. The number of nitrogens with two attached hydrogens (primary N) is 1. The van der Waals surface area contributed by atoms with Gasteiger partial charge in [0.1, 0.15) is 10.7 Å². The number of nitrogens with one attached hydrogen (secondary N) is 1. The van der Waals surface area contributed by atoms with Gasteiger partial charge in [0.05, 0.1) is 0 Å². The van der Waals surface area contributed by atoms with Crippen molar-refractivity contribution in [1.82, 2.24) is 4.72 Å². The molecule has 0 bridgehead atoms. The van der Waals surface area contributed by atoms with Crippen LogP contribution in [0.4, 0.5) is 10.1 Å². The van der Waals surface area contributed by atoms with Crippen LogP contribution in [0.5, 0.6) is 0 Å². The van der Waals surface area contributed by atoms with E-state index < -0.39 is 20.7 Å². The first-order valence-electron chi connectivity index (χ1n) is 5.73. The van der Waals surface area contributed by atoms with E-state index in [9.17, 15) is 12.8 Å². The van der Waals surface area contributed by atoms with Gasteiger partial charge in [0.2, 0.25) is 10.0 Å². The van der Waals surface area contributed by atoms with Crippen molar-refractivity contribution in [2.45, 2.75) is 32.1 Å². The van der Waals surface area contributed by atoms with Crippen LogP contribution in [-0.4, -0.2) is 15.0 Å². The molecule has 0 unspecified atom stereocenters. The SMILES string of the molecule is CCC(C)(C)CNS(=O)(=O)c1cc(N)ccc1F. The highest BCUT2D eigenvalue weighted by Crippen LogP contribution is 2.21. The van der Waals surface area contributed by atoms with Crippen LogP contribution in [-0.2, 0) is 10.0 Å². The summed E-state index contributed by atoms with van der Waals surface area (Å²) in [5.41, 5.74) is 5.51. The number of benzene rings is 1. The molecule has 0 aliphatic carbocycles. The maximum atomic E-state index is 13.5. The minimum atomic E-state index is -3.86. The van der Waals surface area contributed by atoms with Gasteiger partial charge in [-0.25, -0.2) is 17.5 Å². The number of rotatable bonds is 5. The lowest BCUT2D eigenvalue weighted by molar-refractivity contribution is 0.350. The Bertz CT molecular complexity index is 527. The molecular formula is C12H19FN2O2S. The Kier molecular flexibility index (Phi) is 4.34. The number of anilines is 1. The summed E-state index contributed by atoms with van der Waals surface area (Å²) in [6, 6.07) is 3.50. The average molecular weight is 274 g/mol. The van der Waals surface area contributed by atoms with E-state index in [1.807, 2.05) is 20.8 Å². The van der Waals surface area contributed by atoms with Crippen molar-refractivity contribution in [2.75, 3.05) is 12.3 Å². The van der Waals surface area contributed by atoms with E-state index in [0.717, 1.165) is 18.6 Å². The minimum Gasteiger partial charge on any atom is -0.399 e. The van der Waals surface area contributed by atoms with Crippen molar-refractivity contribution in [3.63, 3.8) is 0 Å². The Balaban J connectivity index is 2.97. The number of halogens is 1. The molecule has 0 saturated carbocycles. The molecule has 102 valence electrons. The molecule has 0 saturated heterocycles. The number of hydrogen-bond donors (Lipinski definition) is 2. The molecule has 1 aromatic carbocycles. The third kappa shape index (κ3) is 3.68. The second kappa shape index (κ2) is 5.24. The van der Waals surface area contributed by atoms with Gasteiger partial charge in [0.25, 0.3) is 0 Å². The predicted octanol–water partition coefficient (Wildman–Crippen LogP) is 2.12. The summed E-state index contributed by atoms with van der Waals surface area (Å²) in [7, 11) is -3.86. The lowest BCUT2D eigenvalue weighted by Gasteiger charge is -2.22. The zero-order valence-corrected chi connectivity index (χ0v) is 11.6. The summed E-state index contributed by atoms with van der Waals surface area (Å²) in [5, 5.41) is 0. The first-order valence-corrected chi connectivity index (χ1v) is 7.21. The zero-order valence-electron chi connectivity index (χ0n) is 10.8. The van der Waals surface area contributed by atoms with Crippen molar-refractivity contribution >= 4 is 15.7 Å². The molecular weight excluding hydrogens is 255 g/mol. The molecule has 0 aromatic heterocycles. The molecule has 0 radical (unpaired) electrons. The van der Waals surface area contributed by atoms with E-state index >= 15 is 0 Å². The summed E-state index contributed by atoms with van der Waals surface area (Å²) in [5.74, 6) is -0.800.